The minimum Gasteiger partial charge on any atom is -0.480 e. The topological polar surface area (TPSA) is 87.6 Å². The predicted octanol–water partition coefficient (Wildman–Crippen LogP) is 0.955. The van der Waals surface area contributed by atoms with Gasteiger partial charge in [-0.2, -0.15) is 4.31 Å². The highest BCUT2D eigenvalue weighted by molar-refractivity contribution is 7.89. The summed E-state index contributed by atoms with van der Waals surface area (Å²) in [6, 6.07) is 2.06. The van der Waals surface area contributed by atoms with Gasteiger partial charge in [0.05, 0.1) is 0 Å². The fourth-order valence-corrected chi connectivity index (χ4v) is 5.10. The van der Waals surface area contributed by atoms with Crippen LogP contribution in [0.1, 0.15) is 19.3 Å². The van der Waals surface area contributed by atoms with Gasteiger partial charge in [0, 0.05) is 18.9 Å². The van der Waals surface area contributed by atoms with Gasteiger partial charge in [-0.05, 0) is 36.8 Å². The lowest BCUT2D eigenvalue weighted by Gasteiger charge is -2.23. The highest BCUT2D eigenvalue weighted by Crippen LogP contribution is 2.44. The normalized spacial score (nSPS) is 30.3. The third-order valence-corrected chi connectivity index (χ3v) is 6.17. The number of carboxylic acid groups (broad SMARTS) is 1. The van der Waals surface area contributed by atoms with E-state index in [0.29, 0.717) is 6.54 Å². The van der Waals surface area contributed by atoms with Crippen molar-refractivity contribution < 1.29 is 18.3 Å². The Labute approximate surface area is 117 Å². The van der Waals surface area contributed by atoms with Crippen molar-refractivity contribution in [1.82, 2.24) is 9.29 Å². The molecule has 1 saturated heterocycles. The van der Waals surface area contributed by atoms with Crippen LogP contribution in [0.2, 0.25) is 0 Å². The molecule has 3 unspecified atom stereocenters. The van der Waals surface area contributed by atoms with Gasteiger partial charge in [0.2, 0.25) is 10.0 Å². The molecule has 3 rings (SSSR count). The van der Waals surface area contributed by atoms with Crippen molar-refractivity contribution in [3.8, 4) is 0 Å². The van der Waals surface area contributed by atoms with Crippen LogP contribution in [0, 0.1) is 11.8 Å². The van der Waals surface area contributed by atoms with E-state index in [-0.39, 0.29) is 16.7 Å². The minimum absolute atomic E-state index is 0.0565. The molecule has 108 valence electrons. The summed E-state index contributed by atoms with van der Waals surface area (Å²) in [5.41, 5.74) is 0. The number of hydrogen-bond donors (Lipinski definition) is 1. The van der Waals surface area contributed by atoms with Gasteiger partial charge in [0.25, 0.3) is 0 Å². The first-order valence-electron chi connectivity index (χ1n) is 6.66. The fourth-order valence-electron chi connectivity index (χ4n) is 3.46. The van der Waals surface area contributed by atoms with E-state index in [1.807, 2.05) is 0 Å². The summed E-state index contributed by atoms with van der Waals surface area (Å²) in [5, 5.41) is 9.42. The van der Waals surface area contributed by atoms with Gasteiger partial charge in [-0.1, -0.05) is 6.42 Å². The molecule has 0 radical (unpaired) electrons. The number of fused-ring (bicyclic) bond motifs is 1. The van der Waals surface area contributed by atoms with Gasteiger partial charge in [-0.25, -0.2) is 8.42 Å². The Bertz CT molecular complexity index is 617. The summed E-state index contributed by atoms with van der Waals surface area (Å²) in [4.78, 5) is 15.4. The molecule has 0 aromatic carbocycles. The quantitative estimate of drug-likeness (QED) is 0.897. The minimum atomic E-state index is -3.78. The van der Waals surface area contributed by atoms with Crippen LogP contribution in [-0.4, -0.2) is 41.4 Å². The SMILES string of the molecule is O=C(O)C1C2CCCC2CN1S(=O)(=O)c1cccnc1. The van der Waals surface area contributed by atoms with Gasteiger partial charge >= 0.3 is 5.97 Å². The monoisotopic (exact) mass is 296 g/mol. The average Bonchev–Trinajstić information content (AvgIpc) is 2.99. The number of pyridine rings is 1. The molecule has 1 aromatic rings. The zero-order valence-corrected chi connectivity index (χ0v) is 11.7. The van der Waals surface area contributed by atoms with Crippen molar-refractivity contribution in [1.29, 1.82) is 0 Å². The van der Waals surface area contributed by atoms with E-state index >= 15 is 0 Å². The molecule has 1 saturated carbocycles. The number of aromatic nitrogens is 1. The molecule has 0 amide bonds. The second-order valence-corrected chi connectivity index (χ2v) is 7.29. The first-order valence-corrected chi connectivity index (χ1v) is 8.10. The maximum Gasteiger partial charge on any atom is 0.322 e. The highest BCUT2D eigenvalue weighted by Gasteiger charge is 2.52. The van der Waals surface area contributed by atoms with Gasteiger partial charge in [-0.3, -0.25) is 9.78 Å². The lowest BCUT2D eigenvalue weighted by molar-refractivity contribution is -0.142. The summed E-state index contributed by atoms with van der Waals surface area (Å²) >= 11 is 0. The molecular formula is C13H16N2O4S. The predicted molar refractivity (Wildman–Crippen MR) is 70.4 cm³/mol. The lowest BCUT2D eigenvalue weighted by Crippen LogP contribution is -2.43. The second kappa shape index (κ2) is 4.82. The van der Waals surface area contributed by atoms with Gasteiger partial charge in [0.15, 0.2) is 0 Å². The van der Waals surface area contributed by atoms with Crippen LogP contribution >= 0.6 is 0 Å². The number of carbonyl (C=O) groups is 1. The molecule has 1 aliphatic heterocycles. The Kier molecular flexibility index (Phi) is 3.25. The van der Waals surface area contributed by atoms with Crippen LogP contribution in [0.5, 0.6) is 0 Å². The standard InChI is InChI=1S/C13H16N2O4S/c16-13(17)12-11-5-1-3-9(11)8-15(12)20(18,19)10-4-2-6-14-7-10/h2,4,6-7,9,11-12H,1,3,5,8H2,(H,16,17). The van der Waals surface area contributed by atoms with E-state index < -0.39 is 22.0 Å². The van der Waals surface area contributed by atoms with Crippen LogP contribution in [-0.2, 0) is 14.8 Å². The average molecular weight is 296 g/mol. The van der Waals surface area contributed by atoms with Crippen molar-refractivity contribution in [2.45, 2.75) is 30.2 Å². The Balaban J connectivity index is 1.99. The van der Waals surface area contributed by atoms with Crippen LogP contribution in [0.4, 0.5) is 0 Å². The van der Waals surface area contributed by atoms with Gasteiger partial charge < -0.3 is 5.11 Å². The number of hydrogen-bond acceptors (Lipinski definition) is 4. The second-order valence-electron chi connectivity index (χ2n) is 5.40. The van der Waals surface area contributed by atoms with Crippen LogP contribution in [0.25, 0.3) is 0 Å². The molecular weight excluding hydrogens is 280 g/mol. The smallest absolute Gasteiger partial charge is 0.322 e. The van der Waals surface area contributed by atoms with Crippen molar-refractivity contribution in [3.63, 3.8) is 0 Å². The van der Waals surface area contributed by atoms with Crippen LogP contribution in [0.15, 0.2) is 29.4 Å². The van der Waals surface area contributed by atoms with Crippen molar-refractivity contribution in [2.75, 3.05) is 6.54 Å². The summed E-state index contributed by atoms with van der Waals surface area (Å²) in [6.07, 6.45) is 5.45. The third-order valence-electron chi connectivity index (χ3n) is 4.34. The highest BCUT2D eigenvalue weighted by atomic mass is 32.2. The first kappa shape index (κ1) is 13.5. The Morgan fingerprint density at radius 2 is 2.20 bits per heavy atom. The number of carboxylic acids is 1. The number of aliphatic carboxylic acids is 1. The molecule has 2 heterocycles. The Morgan fingerprint density at radius 1 is 1.40 bits per heavy atom. The van der Waals surface area contributed by atoms with E-state index in [0.717, 1.165) is 23.6 Å². The van der Waals surface area contributed by atoms with Crippen LogP contribution < -0.4 is 0 Å². The summed E-state index contributed by atoms with van der Waals surface area (Å²) in [6.45, 7) is 0.304. The molecule has 0 bridgehead atoms. The fraction of sp³-hybridized carbons (Fsp3) is 0.538. The lowest BCUT2D eigenvalue weighted by atomic mass is 9.94. The molecule has 0 spiro atoms. The zero-order valence-electron chi connectivity index (χ0n) is 10.8. The summed E-state index contributed by atoms with van der Waals surface area (Å²) < 4.78 is 26.4. The number of rotatable bonds is 3. The van der Waals surface area contributed by atoms with Gasteiger partial charge in [-0.15, -0.1) is 0 Å². The molecule has 1 aliphatic carbocycles. The maximum absolute atomic E-state index is 12.6. The molecule has 1 N–H and O–H groups in total. The van der Waals surface area contributed by atoms with E-state index in [4.69, 9.17) is 0 Å². The molecule has 7 heteroatoms. The molecule has 2 aliphatic rings. The van der Waals surface area contributed by atoms with E-state index in [1.54, 1.807) is 6.07 Å². The van der Waals surface area contributed by atoms with E-state index in [1.165, 1.54) is 18.5 Å². The molecule has 20 heavy (non-hydrogen) atoms. The zero-order chi connectivity index (χ0) is 14.3. The summed E-state index contributed by atoms with van der Waals surface area (Å²) in [7, 11) is -3.78. The summed E-state index contributed by atoms with van der Waals surface area (Å²) in [5.74, 6) is -0.937. The first-order chi connectivity index (χ1) is 9.51. The molecule has 3 atom stereocenters. The third kappa shape index (κ3) is 2.01. The Morgan fingerprint density at radius 3 is 2.85 bits per heavy atom. The largest absolute Gasteiger partial charge is 0.480 e. The van der Waals surface area contributed by atoms with Crippen LogP contribution in [0.3, 0.4) is 0 Å². The Hall–Kier alpha value is -1.47. The van der Waals surface area contributed by atoms with Crippen molar-refractivity contribution in [2.24, 2.45) is 11.8 Å². The molecule has 2 fully saturated rings. The van der Waals surface area contributed by atoms with E-state index in [9.17, 15) is 18.3 Å². The molecule has 6 nitrogen and oxygen atoms in total. The number of nitrogens with zero attached hydrogens (tertiary/aromatic N) is 2. The molecule has 1 aromatic heterocycles. The van der Waals surface area contributed by atoms with E-state index in [2.05, 4.69) is 4.98 Å². The van der Waals surface area contributed by atoms with Gasteiger partial charge in [0.1, 0.15) is 10.9 Å². The maximum atomic E-state index is 12.6. The number of sulfonamides is 1. The van der Waals surface area contributed by atoms with Crippen molar-refractivity contribution in [3.05, 3.63) is 24.5 Å². The van der Waals surface area contributed by atoms with Crippen molar-refractivity contribution >= 4 is 16.0 Å².